The molecule has 0 aliphatic carbocycles. The Kier molecular flexibility index (Phi) is 6.93. The van der Waals surface area contributed by atoms with E-state index >= 15 is 0 Å². The lowest BCUT2D eigenvalue weighted by atomic mass is 10.1. The zero-order chi connectivity index (χ0) is 10.4. The summed E-state index contributed by atoms with van der Waals surface area (Å²) in [7, 11) is 5.05. The highest BCUT2D eigenvalue weighted by Gasteiger charge is 2.25. The summed E-state index contributed by atoms with van der Waals surface area (Å²) in [6, 6.07) is 1.44. The number of nitrogens with zero attached hydrogens (tertiary/aromatic N) is 2. The molecule has 1 fully saturated rings. The zero-order valence-corrected chi connectivity index (χ0v) is 10.9. The molecule has 0 saturated carbocycles. The Morgan fingerprint density at radius 1 is 1.31 bits per heavy atom. The van der Waals surface area contributed by atoms with Gasteiger partial charge < -0.3 is 4.90 Å². The first-order valence-electron chi connectivity index (χ1n) is 5.36. The van der Waals surface area contributed by atoms with Crippen LogP contribution in [0.15, 0.2) is 0 Å². The molecule has 0 aromatic heterocycles. The molecule has 0 amide bonds. The van der Waals surface area contributed by atoms with E-state index in [1.807, 2.05) is 13.8 Å². The van der Waals surface area contributed by atoms with Gasteiger partial charge in [-0.3, -0.25) is 4.67 Å². The molecule has 1 aliphatic rings. The van der Waals surface area contributed by atoms with Crippen molar-refractivity contribution >= 4 is 9.39 Å². The molecule has 13 heavy (non-hydrogen) atoms. The molecular formula is C10H25N2P. The first-order valence-corrected chi connectivity index (χ1v) is 5.88. The summed E-state index contributed by atoms with van der Waals surface area (Å²) < 4.78 is 2.39. The van der Waals surface area contributed by atoms with Crippen LogP contribution >= 0.6 is 9.39 Å². The summed E-state index contributed by atoms with van der Waals surface area (Å²) in [5.41, 5.74) is 0. The third-order valence-corrected chi connectivity index (χ3v) is 3.30. The van der Waals surface area contributed by atoms with Gasteiger partial charge in [0.2, 0.25) is 0 Å². The summed E-state index contributed by atoms with van der Waals surface area (Å²) in [5.74, 6) is 0. The van der Waals surface area contributed by atoms with E-state index in [2.05, 4.69) is 39.9 Å². The topological polar surface area (TPSA) is 6.48 Å². The van der Waals surface area contributed by atoms with Gasteiger partial charge in [0.15, 0.2) is 0 Å². The molecule has 0 spiro atoms. The fourth-order valence-electron chi connectivity index (χ4n) is 1.57. The van der Waals surface area contributed by atoms with Gasteiger partial charge in [0, 0.05) is 25.2 Å². The molecule has 0 aromatic rings. The van der Waals surface area contributed by atoms with Gasteiger partial charge in [0.05, 0.1) is 0 Å². The van der Waals surface area contributed by atoms with E-state index < -0.39 is 0 Å². The molecule has 1 rings (SSSR count). The van der Waals surface area contributed by atoms with Crippen molar-refractivity contribution in [1.29, 1.82) is 0 Å². The second-order valence-corrected chi connectivity index (χ2v) is 4.21. The summed E-state index contributed by atoms with van der Waals surface area (Å²) >= 11 is 0. The number of piperazine rings is 1. The van der Waals surface area contributed by atoms with Crippen LogP contribution < -0.4 is 0 Å². The van der Waals surface area contributed by atoms with E-state index in [0.29, 0.717) is 6.04 Å². The minimum Gasteiger partial charge on any atom is -0.301 e. The SMILES string of the molecule is CC.CC[C@H]1CN(C)[C@H](C)CN1P. The summed E-state index contributed by atoms with van der Waals surface area (Å²) in [6.45, 7) is 10.9. The maximum atomic E-state index is 2.84. The van der Waals surface area contributed by atoms with Crippen LogP contribution in [0.2, 0.25) is 0 Å². The van der Waals surface area contributed by atoms with Gasteiger partial charge >= 0.3 is 0 Å². The van der Waals surface area contributed by atoms with Crippen molar-refractivity contribution in [2.24, 2.45) is 0 Å². The Labute approximate surface area is 85.9 Å². The Balaban J connectivity index is 0.000000671. The molecule has 80 valence electrons. The molecule has 3 heteroatoms. The van der Waals surface area contributed by atoms with Crippen molar-refractivity contribution in [2.75, 3.05) is 20.1 Å². The molecule has 2 nitrogen and oxygen atoms in total. The number of likely N-dealkylation sites (N-methyl/N-ethyl adjacent to an activating group) is 1. The summed E-state index contributed by atoms with van der Waals surface area (Å²) in [6.07, 6.45) is 1.25. The minimum absolute atomic E-state index is 0.704. The van der Waals surface area contributed by atoms with Gasteiger partial charge in [-0.2, -0.15) is 0 Å². The molecule has 0 aromatic carbocycles. The van der Waals surface area contributed by atoms with Crippen LogP contribution in [0.1, 0.15) is 34.1 Å². The van der Waals surface area contributed by atoms with E-state index in [-0.39, 0.29) is 0 Å². The Morgan fingerprint density at radius 2 is 1.85 bits per heavy atom. The van der Waals surface area contributed by atoms with Crippen molar-refractivity contribution < 1.29 is 0 Å². The minimum atomic E-state index is 0.704. The maximum Gasteiger partial charge on any atom is 0.0255 e. The number of hydrogen-bond donors (Lipinski definition) is 0. The van der Waals surface area contributed by atoms with Crippen LogP contribution in [-0.2, 0) is 0 Å². The third kappa shape index (κ3) is 3.93. The first-order chi connectivity index (χ1) is 6.15. The highest BCUT2D eigenvalue weighted by atomic mass is 31.0. The normalized spacial score (nSPS) is 30.9. The summed E-state index contributed by atoms with van der Waals surface area (Å²) in [5, 5.41) is 0. The Hall–Kier alpha value is 0.350. The number of rotatable bonds is 1. The average Bonchev–Trinajstić information content (AvgIpc) is 2.15. The number of hydrogen-bond acceptors (Lipinski definition) is 2. The predicted octanol–water partition coefficient (Wildman–Crippen LogP) is 2.22. The fourth-order valence-corrected chi connectivity index (χ4v) is 2.18. The van der Waals surface area contributed by atoms with Crippen LogP contribution in [0.5, 0.6) is 0 Å². The van der Waals surface area contributed by atoms with E-state index in [4.69, 9.17) is 0 Å². The lowest BCUT2D eigenvalue weighted by Gasteiger charge is -2.41. The second-order valence-electron chi connectivity index (χ2n) is 3.55. The van der Waals surface area contributed by atoms with Crippen molar-refractivity contribution in [1.82, 2.24) is 9.57 Å². The first kappa shape index (κ1) is 13.4. The Morgan fingerprint density at radius 3 is 2.31 bits per heavy atom. The second kappa shape index (κ2) is 6.75. The van der Waals surface area contributed by atoms with E-state index in [1.54, 1.807) is 0 Å². The molecule has 1 aliphatic heterocycles. The van der Waals surface area contributed by atoms with Crippen molar-refractivity contribution in [3.05, 3.63) is 0 Å². The average molecular weight is 204 g/mol. The highest BCUT2D eigenvalue weighted by molar-refractivity contribution is 7.13. The lowest BCUT2D eigenvalue weighted by molar-refractivity contribution is 0.115. The van der Waals surface area contributed by atoms with Gasteiger partial charge in [0.1, 0.15) is 0 Å². The van der Waals surface area contributed by atoms with Crippen molar-refractivity contribution in [2.45, 2.75) is 46.2 Å². The molecule has 0 radical (unpaired) electrons. The van der Waals surface area contributed by atoms with Crippen molar-refractivity contribution in [3.63, 3.8) is 0 Å². The van der Waals surface area contributed by atoms with Crippen LogP contribution in [0.25, 0.3) is 0 Å². The van der Waals surface area contributed by atoms with Gasteiger partial charge in [-0.25, -0.2) is 0 Å². The fraction of sp³-hybridized carbons (Fsp3) is 1.00. The molecule has 1 unspecified atom stereocenters. The summed E-state index contributed by atoms with van der Waals surface area (Å²) in [4.78, 5) is 2.44. The third-order valence-electron chi connectivity index (χ3n) is 2.67. The molecule has 1 heterocycles. The lowest BCUT2D eigenvalue weighted by Crippen LogP contribution is -2.51. The molecule has 1 saturated heterocycles. The molecule has 0 N–H and O–H groups in total. The smallest absolute Gasteiger partial charge is 0.0255 e. The monoisotopic (exact) mass is 204 g/mol. The largest absolute Gasteiger partial charge is 0.301 e. The standard InChI is InChI=1S/C8H19N2P.C2H6/c1-4-8-6-9(3)7(2)5-10(8)11;1-2/h7-8H,4-6,11H2,1-3H3;1-2H3/t7-,8+;/m1./s1. The van der Waals surface area contributed by atoms with Gasteiger partial charge in [-0.1, -0.05) is 30.2 Å². The highest BCUT2D eigenvalue weighted by Crippen LogP contribution is 2.18. The van der Waals surface area contributed by atoms with Crippen LogP contribution in [0, 0.1) is 0 Å². The molecule has 0 bridgehead atoms. The van der Waals surface area contributed by atoms with Gasteiger partial charge in [-0.15, -0.1) is 0 Å². The van der Waals surface area contributed by atoms with Crippen LogP contribution in [-0.4, -0.2) is 41.8 Å². The quantitative estimate of drug-likeness (QED) is 0.604. The van der Waals surface area contributed by atoms with Gasteiger partial charge in [-0.05, 0) is 20.4 Å². The maximum absolute atomic E-state index is 2.84. The Bertz CT molecular complexity index is 130. The van der Waals surface area contributed by atoms with E-state index in [1.165, 1.54) is 19.5 Å². The van der Waals surface area contributed by atoms with E-state index in [9.17, 15) is 0 Å². The van der Waals surface area contributed by atoms with Crippen LogP contribution in [0.3, 0.4) is 0 Å². The van der Waals surface area contributed by atoms with Crippen molar-refractivity contribution in [3.8, 4) is 0 Å². The predicted molar refractivity (Wildman–Crippen MR) is 63.9 cm³/mol. The molecule has 3 atom stereocenters. The van der Waals surface area contributed by atoms with E-state index in [0.717, 1.165) is 6.04 Å². The zero-order valence-electron chi connectivity index (χ0n) is 9.75. The molecular weight excluding hydrogens is 179 g/mol. The van der Waals surface area contributed by atoms with Crippen LogP contribution in [0.4, 0.5) is 0 Å². The van der Waals surface area contributed by atoms with Gasteiger partial charge in [0.25, 0.3) is 0 Å².